The van der Waals surface area contributed by atoms with Crippen molar-refractivity contribution in [2.75, 3.05) is 0 Å². The van der Waals surface area contributed by atoms with Gasteiger partial charge in [-0.3, -0.25) is 0 Å². The molecule has 112 valence electrons. The van der Waals surface area contributed by atoms with Crippen LogP contribution in [0.25, 0.3) is 0 Å². The molecule has 0 aromatic heterocycles. The number of nitrogens with two attached hydrogens (primary N) is 1. The Morgan fingerprint density at radius 1 is 1.20 bits per heavy atom. The van der Waals surface area contributed by atoms with E-state index in [2.05, 4.69) is 13.8 Å². The highest BCUT2D eigenvalue weighted by atomic mass is 16.6. The summed E-state index contributed by atoms with van der Waals surface area (Å²) in [6.45, 7) is 5.60. The summed E-state index contributed by atoms with van der Waals surface area (Å²) in [6, 6.07) is 7.47. The van der Waals surface area contributed by atoms with Crippen LogP contribution in [0.2, 0.25) is 0 Å². The van der Waals surface area contributed by atoms with Crippen molar-refractivity contribution in [3.05, 3.63) is 35.4 Å². The van der Waals surface area contributed by atoms with Gasteiger partial charge in [-0.15, -0.1) is 0 Å². The summed E-state index contributed by atoms with van der Waals surface area (Å²) < 4.78 is 5.31. The van der Waals surface area contributed by atoms with E-state index in [0.29, 0.717) is 11.5 Å². The maximum absolute atomic E-state index is 10.4. The first-order chi connectivity index (χ1) is 9.25. The van der Waals surface area contributed by atoms with E-state index >= 15 is 0 Å². The van der Waals surface area contributed by atoms with Gasteiger partial charge in [-0.2, -0.15) is 0 Å². The van der Waals surface area contributed by atoms with Crippen molar-refractivity contribution in [3.8, 4) is 0 Å². The van der Waals surface area contributed by atoms with Crippen LogP contribution >= 0.6 is 0 Å². The van der Waals surface area contributed by atoms with Crippen molar-refractivity contribution in [2.45, 2.75) is 56.8 Å². The molecule has 0 unspecified atom stereocenters. The fourth-order valence-corrected chi connectivity index (χ4v) is 2.53. The van der Waals surface area contributed by atoms with Crippen LogP contribution in [-0.4, -0.2) is 39.4 Å². The third-order valence-corrected chi connectivity index (χ3v) is 4.02. The molecule has 1 aliphatic rings. The third-order valence-electron chi connectivity index (χ3n) is 4.02. The number of ether oxygens (including phenoxy) is 1. The fraction of sp³-hybridized carbons (Fsp3) is 0.600. The fourth-order valence-electron chi connectivity index (χ4n) is 2.53. The van der Waals surface area contributed by atoms with E-state index in [9.17, 15) is 15.3 Å². The largest absolute Gasteiger partial charge is 0.386 e. The van der Waals surface area contributed by atoms with E-state index in [1.807, 2.05) is 12.1 Å². The van der Waals surface area contributed by atoms with Crippen molar-refractivity contribution >= 4 is 0 Å². The van der Waals surface area contributed by atoms with Crippen molar-refractivity contribution in [2.24, 2.45) is 5.73 Å². The molecule has 1 aliphatic heterocycles. The molecule has 5 N–H and O–H groups in total. The number of aliphatic hydroxyl groups is 3. The van der Waals surface area contributed by atoms with Crippen molar-refractivity contribution in [1.29, 1.82) is 0 Å². The van der Waals surface area contributed by atoms with Crippen LogP contribution in [0.4, 0.5) is 0 Å². The van der Waals surface area contributed by atoms with Gasteiger partial charge >= 0.3 is 0 Å². The van der Waals surface area contributed by atoms with Crippen LogP contribution in [0, 0.1) is 0 Å². The van der Waals surface area contributed by atoms with E-state index in [4.69, 9.17) is 10.5 Å². The van der Waals surface area contributed by atoms with Crippen LogP contribution in [0.3, 0.4) is 0 Å². The van der Waals surface area contributed by atoms with Gasteiger partial charge in [-0.25, -0.2) is 0 Å². The zero-order valence-electron chi connectivity index (χ0n) is 12.0. The second-order valence-electron chi connectivity index (χ2n) is 5.96. The van der Waals surface area contributed by atoms with Crippen LogP contribution in [0.1, 0.15) is 43.9 Å². The predicted molar refractivity (Wildman–Crippen MR) is 75.0 cm³/mol. The van der Waals surface area contributed by atoms with Crippen molar-refractivity contribution < 1.29 is 20.1 Å². The predicted octanol–water partition coefficient (Wildman–Crippen LogP) is 0.639. The molecule has 1 heterocycles. The first-order valence-electron chi connectivity index (χ1n) is 6.84. The van der Waals surface area contributed by atoms with Gasteiger partial charge in [0.05, 0.1) is 0 Å². The molecular weight excluding hydrogens is 258 g/mol. The maximum atomic E-state index is 10.4. The van der Waals surface area contributed by atoms with E-state index in [0.717, 1.165) is 5.56 Å². The monoisotopic (exact) mass is 281 g/mol. The second kappa shape index (κ2) is 5.42. The number of benzene rings is 1. The molecule has 0 spiro atoms. The average molecular weight is 281 g/mol. The molecule has 1 aromatic carbocycles. The highest BCUT2D eigenvalue weighted by Gasteiger charge is 2.53. The van der Waals surface area contributed by atoms with Crippen molar-refractivity contribution in [3.63, 3.8) is 0 Å². The lowest BCUT2D eigenvalue weighted by Crippen LogP contribution is -2.48. The molecule has 5 nitrogen and oxygen atoms in total. The van der Waals surface area contributed by atoms with Gasteiger partial charge < -0.3 is 25.8 Å². The first kappa shape index (κ1) is 15.4. The highest BCUT2D eigenvalue weighted by molar-refractivity contribution is 5.27. The van der Waals surface area contributed by atoms with Gasteiger partial charge in [0.15, 0.2) is 0 Å². The number of hydrogen-bond acceptors (Lipinski definition) is 5. The zero-order valence-corrected chi connectivity index (χ0v) is 12.0. The molecule has 1 saturated heterocycles. The van der Waals surface area contributed by atoms with Gasteiger partial charge in [0.25, 0.3) is 0 Å². The standard InChI is InChI=1S/C15H23NO4/c1-8(2)9-4-6-10(7-5-9)11(17)13-15(3,19)12(18)14(16)20-13/h4-8,11-14,17-19H,16H2,1-3H3/t11-,12+,13-,14-,15+/m1/s1. The summed E-state index contributed by atoms with van der Waals surface area (Å²) in [5, 5.41) is 30.4. The molecule has 0 aliphatic carbocycles. The molecular formula is C15H23NO4. The normalized spacial score (nSPS) is 35.5. The smallest absolute Gasteiger partial charge is 0.135 e. The van der Waals surface area contributed by atoms with E-state index in [1.54, 1.807) is 12.1 Å². The summed E-state index contributed by atoms with van der Waals surface area (Å²) >= 11 is 0. The summed E-state index contributed by atoms with van der Waals surface area (Å²) in [6.07, 6.45) is -4.23. The van der Waals surface area contributed by atoms with Crippen LogP contribution in [0.5, 0.6) is 0 Å². The summed E-state index contributed by atoms with van der Waals surface area (Å²) in [4.78, 5) is 0. The highest BCUT2D eigenvalue weighted by Crippen LogP contribution is 2.36. The Kier molecular flexibility index (Phi) is 4.18. The Bertz CT molecular complexity index is 457. The molecule has 0 saturated carbocycles. The minimum Gasteiger partial charge on any atom is -0.386 e. The third kappa shape index (κ3) is 2.60. The van der Waals surface area contributed by atoms with E-state index in [1.165, 1.54) is 6.92 Å². The van der Waals surface area contributed by atoms with E-state index in [-0.39, 0.29) is 0 Å². The maximum Gasteiger partial charge on any atom is 0.135 e. The Balaban J connectivity index is 2.21. The van der Waals surface area contributed by atoms with Crippen LogP contribution in [-0.2, 0) is 4.74 Å². The minimum absolute atomic E-state index is 0.405. The van der Waals surface area contributed by atoms with Crippen molar-refractivity contribution in [1.82, 2.24) is 0 Å². The number of aliphatic hydroxyl groups excluding tert-OH is 2. The first-order valence-corrected chi connectivity index (χ1v) is 6.84. The van der Waals surface area contributed by atoms with Gasteiger partial charge in [0.1, 0.15) is 30.1 Å². The molecule has 0 amide bonds. The summed E-state index contributed by atoms with van der Waals surface area (Å²) in [7, 11) is 0. The SMILES string of the molecule is CC(C)c1ccc([C@@H](O)[C@H]2O[C@@H](N)[C@H](O)[C@]2(C)O)cc1. The molecule has 20 heavy (non-hydrogen) atoms. The lowest BCUT2D eigenvalue weighted by Gasteiger charge is -2.30. The zero-order chi connectivity index (χ0) is 15.1. The molecule has 2 rings (SSSR count). The van der Waals surface area contributed by atoms with Crippen LogP contribution < -0.4 is 5.73 Å². The lowest BCUT2D eigenvalue weighted by molar-refractivity contribution is -0.111. The molecule has 1 aromatic rings. The summed E-state index contributed by atoms with van der Waals surface area (Å²) in [5.74, 6) is 0.405. The number of hydrogen-bond donors (Lipinski definition) is 4. The molecule has 0 radical (unpaired) electrons. The molecule has 5 atom stereocenters. The Labute approximate surface area is 119 Å². The summed E-state index contributed by atoms with van der Waals surface area (Å²) in [5.41, 5.74) is 5.78. The Morgan fingerprint density at radius 3 is 2.10 bits per heavy atom. The molecule has 0 bridgehead atoms. The molecule has 1 fully saturated rings. The van der Waals surface area contributed by atoms with Gasteiger partial charge in [0.2, 0.25) is 0 Å². The quantitative estimate of drug-likeness (QED) is 0.652. The van der Waals surface area contributed by atoms with Gasteiger partial charge in [-0.05, 0) is 24.0 Å². The average Bonchev–Trinajstić information content (AvgIpc) is 2.61. The number of rotatable bonds is 3. The van der Waals surface area contributed by atoms with E-state index < -0.39 is 30.1 Å². The van der Waals surface area contributed by atoms with Crippen LogP contribution in [0.15, 0.2) is 24.3 Å². The van der Waals surface area contributed by atoms with Gasteiger partial charge in [-0.1, -0.05) is 38.1 Å². The minimum atomic E-state index is -1.59. The Morgan fingerprint density at radius 2 is 1.70 bits per heavy atom. The molecule has 5 heteroatoms. The Hall–Kier alpha value is -0.980. The lowest BCUT2D eigenvalue weighted by atomic mass is 9.88. The second-order valence-corrected chi connectivity index (χ2v) is 5.96. The topological polar surface area (TPSA) is 95.9 Å². The van der Waals surface area contributed by atoms with Gasteiger partial charge in [0, 0.05) is 0 Å².